The van der Waals surface area contributed by atoms with Gasteiger partial charge < -0.3 is 15.3 Å². The second kappa shape index (κ2) is 5.54. The summed E-state index contributed by atoms with van der Waals surface area (Å²) in [6.45, 7) is 1.86. The maximum atomic E-state index is 10.9. The van der Waals surface area contributed by atoms with E-state index in [2.05, 4.69) is 22.2 Å². The number of rotatable bonds is 4. The van der Waals surface area contributed by atoms with Gasteiger partial charge >= 0.3 is 5.97 Å². The highest BCUT2D eigenvalue weighted by molar-refractivity contribution is 6.29. The first kappa shape index (κ1) is 13.1. The number of carbonyl (C=O) groups is 1. The van der Waals surface area contributed by atoms with Gasteiger partial charge in [-0.25, -0.2) is 9.78 Å². The molecule has 1 unspecified atom stereocenters. The van der Waals surface area contributed by atoms with Gasteiger partial charge in [0.1, 0.15) is 11.0 Å². The maximum Gasteiger partial charge on any atom is 0.335 e. The lowest BCUT2D eigenvalue weighted by Crippen LogP contribution is -2.31. The Hall–Kier alpha value is -1.33. The molecule has 1 aliphatic rings. The first-order valence-electron chi connectivity index (χ1n) is 5.91. The minimum absolute atomic E-state index is 0.150. The van der Waals surface area contributed by atoms with Gasteiger partial charge in [0.25, 0.3) is 0 Å². The van der Waals surface area contributed by atoms with Gasteiger partial charge in [-0.15, -0.1) is 0 Å². The lowest BCUT2D eigenvalue weighted by atomic mass is 10.2. The Balaban J connectivity index is 2.02. The third-order valence-corrected chi connectivity index (χ3v) is 3.42. The fourth-order valence-electron chi connectivity index (χ4n) is 2.17. The largest absolute Gasteiger partial charge is 0.478 e. The summed E-state index contributed by atoms with van der Waals surface area (Å²) in [6, 6.07) is 3.32. The Morgan fingerprint density at radius 1 is 1.67 bits per heavy atom. The van der Waals surface area contributed by atoms with Gasteiger partial charge in [0.05, 0.1) is 5.56 Å². The van der Waals surface area contributed by atoms with Crippen LogP contribution in [0.25, 0.3) is 0 Å². The fourth-order valence-corrected chi connectivity index (χ4v) is 2.38. The second-order valence-corrected chi connectivity index (χ2v) is 4.91. The van der Waals surface area contributed by atoms with Crippen LogP contribution in [0.5, 0.6) is 0 Å². The summed E-state index contributed by atoms with van der Waals surface area (Å²) in [5.74, 6) is -0.486. The van der Waals surface area contributed by atoms with E-state index in [1.54, 1.807) is 0 Å². The molecule has 5 nitrogen and oxygen atoms in total. The first-order chi connectivity index (χ1) is 8.56. The molecule has 2 N–H and O–H groups in total. The van der Waals surface area contributed by atoms with Gasteiger partial charge in [-0.2, -0.15) is 0 Å². The van der Waals surface area contributed by atoms with E-state index in [1.807, 2.05) is 0 Å². The molecule has 1 saturated heterocycles. The standard InChI is InChI=1S/C12H16ClN3O2/c1-16-4-2-3-9(16)7-14-11-6-8(12(17)18)5-10(13)15-11/h5-6,9H,2-4,7H2,1H3,(H,14,15)(H,17,18). The highest BCUT2D eigenvalue weighted by Crippen LogP contribution is 2.17. The molecule has 0 spiro atoms. The van der Waals surface area contributed by atoms with Crippen LogP contribution in [-0.4, -0.2) is 47.1 Å². The van der Waals surface area contributed by atoms with Gasteiger partial charge in [-0.1, -0.05) is 11.6 Å². The van der Waals surface area contributed by atoms with Crippen LogP contribution < -0.4 is 5.32 Å². The summed E-state index contributed by atoms with van der Waals surface area (Å²) in [5.41, 5.74) is 0.150. The molecule has 6 heteroatoms. The van der Waals surface area contributed by atoms with Crippen LogP contribution in [0.3, 0.4) is 0 Å². The topological polar surface area (TPSA) is 65.5 Å². The van der Waals surface area contributed by atoms with E-state index in [9.17, 15) is 4.79 Å². The predicted octanol–water partition coefficient (Wildman–Crippen LogP) is 1.94. The molecule has 1 aliphatic heterocycles. The van der Waals surface area contributed by atoms with Crippen molar-refractivity contribution >= 4 is 23.4 Å². The summed E-state index contributed by atoms with van der Waals surface area (Å²) < 4.78 is 0. The van der Waals surface area contributed by atoms with Crippen molar-refractivity contribution in [2.24, 2.45) is 0 Å². The molecule has 1 aromatic heterocycles. The Morgan fingerprint density at radius 3 is 3.06 bits per heavy atom. The van der Waals surface area contributed by atoms with Crippen LogP contribution in [0.4, 0.5) is 5.82 Å². The lowest BCUT2D eigenvalue weighted by Gasteiger charge is -2.20. The third-order valence-electron chi connectivity index (χ3n) is 3.23. The van der Waals surface area contributed by atoms with Crippen molar-refractivity contribution in [3.8, 4) is 0 Å². The normalized spacial score (nSPS) is 20.0. The van der Waals surface area contributed by atoms with E-state index in [1.165, 1.54) is 18.6 Å². The van der Waals surface area contributed by atoms with Crippen molar-refractivity contribution in [1.29, 1.82) is 0 Å². The number of carboxylic acid groups (broad SMARTS) is 1. The average molecular weight is 270 g/mol. The molecule has 2 rings (SSSR count). The maximum absolute atomic E-state index is 10.9. The van der Waals surface area contributed by atoms with Gasteiger partial charge in [0.15, 0.2) is 0 Å². The lowest BCUT2D eigenvalue weighted by molar-refractivity contribution is 0.0697. The molecule has 1 atom stereocenters. The number of anilines is 1. The quantitative estimate of drug-likeness (QED) is 0.818. The number of hydrogen-bond acceptors (Lipinski definition) is 4. The predicted molar refractivity (Wildman–Crippen MR) is 70.3 cm³/mol. The molecule has 1 aromatic rings. The molecule has 98 valence electrons. The van der Waals surface area contributed by atoms with Crippen molar-refractivity contribution in [3.05, 3.63) is 22.8 Å². The van der Waals surface area contributed by atoms with Crippen molar-refractivity contribution in [2.75, 3.05) is 25.5 Å². The number of carboxylic acids is 1. The van der Waals surface area contributed by atoms with Crippen LogP contribution in [0.1, 0.15) is 23.2 Å². The van der Waals surface area contributed by atoms with Crippen LogP contribution in [0.15, 0.2) is 12.1 Å². The van der Waals surface area contributed by atoms with Gasteiger partial charge in [-0.3, -0.25) is 0 Å². The summed E-state index contributed by atoms with van der Waals surface area (Å²) in [7, 11) is 2.09. The van der Waals surface area contributed by atoms with E-state index in [-0.39, 0.29) is 10.7 Å². The number of nitrogens with zero attached hydrogens (tertiary/aromatic N) is 2. The first-order valence-corrected chi connectivity index (χ1v) is 6.29. The monoisotopic (exact) mass is 269 g/mol. The SMILES string of the molecule is CN1CCCC1CNc1cc(C(=O)O)cc(Cl)n1. The molecule has 1 fully saturated rings. The smallest absolute Gasteiger partial charge is 0.335 e. The van der Waals surface area contributed by atoms with E-state index < -0.39 is 5.97 Å². The summed E-state index contributed by atoms with van der Waals surface area (Å²) >= 11 is 5.79. The minimum atomic E-state index is -1.000. The highest BCUT2D eigenvalue weighted by Gasteiger charge is 2.20. The molecule has 2 heterocycles. The van der Waals surface area contributed by atoms with E-state index >= 15 is 0 Å². The average Bonchev–Trinajstić information content (AvgIpc) is 2.71. The van der Waals surface area contributed by atoms with Gasteiger partial charge in [-0.05, 0) is 38.6 Å². The molecule has 0 amide bonds. The molecular formula is C12H16ClN3O2. The third kappa shape index (κ3) is 3.11. The van der Waals surface area contributed by atoms with E-state index in [0.717, 1.165) is 19.5 Å². The molecule has 0 aliphatic carbocycles. The van der Waals surface area contributed by atoms with Crippen molar-refractivity contribution < 1.29 is 9.90 Å². The van der Waals surface area contributed by atoms with Crippen LogP contribution in [0, 0.1) is 0 Å². The number of likely N-dealkylation sites (N-methyl/N-ethyl adjacent to an activating group) is 1. The van der Waals surface area contributed by atoms with Gasteiger partial charge in [0.2, 0.25) is 0 Å². The fraction of sp³-hybridized carbons (Fsp3) is 0.500. The van der Waals surface area contributed by atoms with Crippen LogP contribution >= 0.6 is 11.6 Å². The summed E-state index contributed by atoms with van der Waals surface area (Å²) in [4.78, 5) is 17.3. The van der Waals surface area contributed by atoms with Crippen molar-refractivity contribution in [1.82, 2.24) is 9.88 Å². The number of likely N-dealkylation sites (tertiary alicyclic amines) is 1. The van der Waals surface area contributed by atoms with E-state index in [0.29, 0.717) is 11.9 Å². The number of aromatic nitrogens is 1. The molecule has 0 radical (unpaired) electrons. The molecule has 0 bridgehead atoms. The van der Waals surface area contributed by atoms with E-state index in [4.69, 9.17) is 16.7 Å². The van der Waals surface area contributed by atoms with Crippen molar-refractivity contribution in [3.63, 3.8) is 0 Å². The Bertz CT molecular complexity index is 453. The summed E-state index contributed by atoms with van der Waals surface area (Å²) in [5, 5.41) is 12.3. The Labute approximate surface area is 111 Å². The number of nitrogens with one attached hydrogen (secondary N) is 1. The minimum Gasteiger partial charge on any atom is -0.478 e. The second-order valence-electron chi connectivity index (χ2n) is 4.53. The molecule has 0 aromatic carbocycles. The van der Waals surface area contributed by atoms with Gasteiger partial charge in [0, 0.05) is 12.6 Å². The van der Waals surface area contributed by atoms with Crippen LogP contribution in [0.2, 0.25) is 5.15 Å². The Kier molecular flexibility index (Phi) is 4.04. The molecule has 18 heavy (non-hydrogen) atoms. The molecule has 0 saturated carbocycles. The highest BCUT2D eigenvalue weighted by atomic mass is 35.5. The zero-order chi connectivity index (χ0) is 13.1. The zero-order valence-corrected chi connectivity index (χ0v) is 10.9. The number of hydrogen-bond donors (Lipinski definition) is 2. The summed E-state index contributed by atoms with van der Waals surface area (Å²) in [6.07, 6.45) is 2.35. The number of aromatic carboxylic acids is 1. The zero-order valence-electron chi connectivity index (χ0n) is 10.2. The van der Waals surface area contributed by atoms with Crippen molar-refractivity contribution in [2.45, 2.75) is 18.9 Å². The number of halogens is 1. The molecular weight excluding hydrogens is 254 g/mol. The Morgan fingerprint density at radius 2 is 2.44 bits per heavy atom. The van der Waals surface area contributed by atoms with Crippen LogP contribution in [-0.2, 0) is 0 Å². The number of pyridine rings is 1.